The molecule has 0 saturated heterocycles. The number of hydrogen-bond donors (Lipinski definition) is 1. The summed E-state index contributed by atoms with van der Waals surface area (Å²) >= 11 is 3.12. The van der Waals surface area contributed by atoms with E-state index < -0.39 is 10.0 Å². The molecule has 1 rings (SSSR count). The van der Waals surface area contributed by atoms with Crippen LogP contribution in [0.15, 0.2) is 40.2 Å². The predicted octanol–water partition coefficient (Wildman–Crippen LogP) is 3.07. The van der Waals surface area contributed by atoms with Crippen LogP contribution in [0, 0.1) is 5.92 Å². The Morgan fingerprint density at radius 1 is 1.33 bits per heavy atom. The normalized spacial score (nSPS) is 11.8. The van der Waals surface area contributed by atoms with Crippen LogP contribution in [0.2, 0.25) is 0 Å². The van der Waals surface area contributed by atoms with E-state index in [2.05, 4.69) is 41.1 Å². The molecule has 0 spiro atoms. The van der Waals surface area contributed by atoms with Crippen molar-refractivity contribution in [2.24, 2.45) is 5.92 Å². The Morgan fingerprint density at radius 2 is 1.89 bits per heavy atom. The number of sulfonamides is 1. The molecule has 1 aromatic rings. The van der Waals surface area contributed by atoms with E-state index in [1.54, 1.807) is 12.1 Å². The SMILES string of the molecule is C=C(Br)CNS(=O)(=O)c1ccc(CC(C)C)cc1. The molecule has 3 nitrogen and oxygen atoms in total. The van der Waals surface area contributed by atoms with Crippen molar-refractivity contribution in [1.29, 1.82) is 0 Å². The first kappa shape index (κ1) is 15.4. The topological polar surface area (TPSA) is 46.2 Å². The lowest BCUT2D eigenvalue weighted by molar-refractivity contribution is 0.585. The van der Waals surface area contributed by atoms with E-state index in [0.717, 1.165) is 12.0 Å². The molecule has 0 aliphatic heterocycles. The van der Waals surface area contributed by atoms with E-state index in [1.807, 2.05) is 12.1 Å². The molecule has 0 fully saturated rings. The highest BCUT2D eigenvalue weighted by Crippen LogP contribution is 2.14. The van der Waals surface area contributed by atoms with Gasteiger partial charge in [0, 0.05) is 11.0 Å². The molecule has 1 aromatic carbocycles. The van der Waals surface area contributed by atoms with Crippen molar-refractivity contribution in [2.75, 3.05) is 6.54 Å². The zero-order chi connectivity index (χ0) is 13.8. The summed E-state index contributed by atoms with van der Waals surface area (Å²) in [4.78, 5) is 0.281. The third-order valence-corrected chi connectivity index (χ3v) is 4.03. The first-order chi connectivity index (χ1) is 8.31. The smallest absolute Gasteiger partial charge is 0.207 e. The highest BCUT2D eigenvalue weighted by molar-refractivity contribution is 9.11. The molecular formula is C13H18BrNO2S. The number of rotatable bonds is 6. The van der Waals surface area contributed by atoms with Crippen LogP contribution in [0.5, 0.6) is 0 Å². The monoisotopic (exact) mass is 331 g/mol. The Balaban J connectivity index is 2.81. The van der Waals surface area contributed by atoms with Crippen molar-refractivity contribution in [3.05, 3.63) is 40.9 Å². The van der Waals surface area contributed by atoms with Gasteiger partial charge in [-0.25, -0.2) is 13.1 Å². The molecule has 0 saturated carbocycles. The number of nitrogens with one attached hydrogen (secondary N) is 1. The van der Waals surface area contributed by atoms with E-state index in [0.29, 0.717) is 10.4 Å². The Kier molecular flexibility index (Phi) is 5.56. The highest BCUT2D eigenvalue weighted by atomic mass is 79.9. The van der Waals surface area contributed by atoms with E-state index in [-0.39, 0.29) is 11.4 Å². The van der Waals surface area contributed by atoms with Gasteiger partial charge >= 0.3 is 0 Å². The summed E-state index contributed by atoms with van der Waals surface area (Å²) in [5.74, 6) is 0.558. The van der Waals surface area contributed by atoms with Gasteiger partial charge in [-0.1, -0.05) is 48.5 Å². The molecule has 0 aliphatic rings. The van der Waals surface area contributed by atoms with Crippen LogP contribution < -0.4 is 4.72 Å². The summed E-state index contributed by atoms with van der Waals surface area (Å²) in [5, 5.41) is 0. The van der Waals surface area contributed by atoms with Gasteiger partial charge in [0.15, 0.2) is 0 Å². The summed E-state index contributed by atoms with van der Waals surface area (Å²) in [6.07, 6.45) is 0.950. The van der Waals surface area contributed by atoms with Crippen LogP contribution in [0.4, 0.5) is 0 Å². The first-order valence-electron chi connectivity index (χ1n) is 5.73. The van der Waals surface area contributed by atoms with Gasteiger partial charge in [0.05, 0.1) is 4.90 Å². The minimum atomic E-state index is -3.44. The number of hydrogen-bond acceptors (Lipinski definition) is 2. The molecule has 0 atom stereocenters. The van der Waals surface area contributed by atoms with Crippen molar-refractivity contribution < 1.29 is 8.42 Å². The van der Waals surface area contributed by atoms with Crippen LogP contribution in [-0.2, 0) is 16.4 Å². The van der Waals surface area contributed by atoms with Crippen LogP contribution in [0.1, 0.15) is 19.4 Å². The van der Waals surface area contributed by atoms with Crippen LogP contribution in [0.3, 0.4) is 0 Å². The molecular weight excluding hydrogens is 314 g/mol. The molecule has 0 aromatic heterocycles. The Labute approximate surface area is 117 Å². The van der Waals surface area contributed by atoms with Gasteiger partial charge in [-0.15, -0.1) is 0 Å². The van der Waals surface area contributed by atoms with Crippen LogP contribution in [-0.4, -0.2) is 15.0 Å². The Bertz CT molecular complexity index is 506. The fraction of sp³-hybridized carbons (Fsp3) is 0.385. The standard InChI is InChI=1S/C13H18BrNO2S/c1-10(2)8-12-4-6-13(7-5-12)18(16,17)15-9-11(3)14/h4-7,10,15H,3,8-9H2,1-2H3. The minimum Gasteiger partial charge on any atom is -0.207 e. The fourth-order valence-corrected chi connectivity index (χ4v) is 2.88. The second-order valence-corrected chi connectivity index (χ2v) is 7.47. The van der Waals surface area contributed by atoms with Crippen LogP contribution in [0.25, 0.3) is 0 Å². The third kappa shape index (κ3) is 4.92. The minimum absolute atomic E-state index is 0.191. The second-order valence-electron chi connectivity index (χ2n) is 4.58. The van der Waals surface area contributed by atoms with Gasteiger partial charge in [-0.3, -0.25) is 0 Å². The lowest BCUT2D eigenvalue weighted by Gasteiger charge is -2.08. The van der Waals surface area contributed by atoms with E-state index in [9.17, 15) is 8.42 Å². The number of halogens is 1. The van der Waals surface area contributed by atoms with Gasteiger partial charge in [-0.2, -0.15) is 0 Å². The van der Waals surface area contributed by atoms with E-state index in [4.69, 9.17) is 0 Å². The van der Waals surface area contributed by atoms with E-state index in [1.165, 1.54) is 0 Å². The highest BCUT2D eigenvalue weighted by Gasteiger charge is 2.13. The Morgan fingerprint density at radius 3 is 2.33 bits per heavy atom. The zero-order valence-electron chi connectivity index (χ0n) is 10.6. The molecule has 0 radical (unpaired) electrons. The summed E-state index contributed by atoms with van der Waals surface area (Å²) in [6, 6.07) is 6.99. The molecule has 5 heteroatoms. The van der Waals surface area contributed by atoms with E-state index >= 15 is 0 Å². The van der Waals surface area contributed by atoms with Crippen molar-refractivity contribution >= 4 is 26.0 Å². The molecule has 0 unspecified atom stereocenters. The van der Waals surface area contributed by atoms with Crippen molar-refractivity contribution in [3.8, 4) is 0 Å². The second kappa shape index (κ2) is 6.50. The van der Waals surface area contributed by atoms with Gasteiger partial charge in [-0.05, 0) is 30.0 Å². The maximum absolute atomic E-state index is 11.9. The van der Waals surface area contributed by atoms with Gasteiger partial charge in [0.2, 0.25) is 10.0 Å². The molecule has 0 amide bonds. The van der Waals surface area contributed by atoms with Gasteiger partial charge in [0.1, 0.15) is 0 Å². The van der Waals surface area contributed by atoms with Gasteiger partial charge < -0.3 is 0 Å². The molecule has 1 N–H and O–H groups in total. The molecule has 100 valence electrons. The summed E-state index contributed by atoms with van der Waals surface area (Å²) in [5.41, 5.74) is 1.15. The first-order valence-corrected chi connectivity index (χ1v) is 8.01. The summed E-state index contributed by atoms with van der Waals surface area (Å²) in [7, 11) is -3.44. The third-order valence-electron chi connectivity index (χ3n) is 2.33. The average Bonchev–Trinajstić information content (AvgIpc) is 2.26. The zero-order valence-corrected chi connectivity index (χ0v) is 13.0. The quantitative estimate of drug-likeness (QED) is 0.870. The molecule has 18 heavy (non-hydrogen) atoms. The van der Waals surface area contributed by atoms with Crippen molar-refractivity contribution in [3.63, 3.8) is 0 Å². The lowest BCUT2D eigenvalue weighted by Crippen LogP contribution is -2.24. The van der Waals surface area contributed by atoms with Crippen LogP contribution >= 0.6 is 15.9 Å². The van der Waals surface area contributed by atoms with Gasteiger partial charge in [0.25, 0.3) is 0 Å². The maximum Gasteiger partial charge on any atom is 0.240 e. The summed E-state index contributed by atoms with van der Waals surface area (Å²) in [6.45, 7) is 8.04. The predicted molar refractivity (Wildman–Crippen MR) is 78.2 cm³/mol. The summed E-state index contributed by atoms with van der Waals surface area (Å²) < 4.78 is 26.9. The largest absolute Gasteiger partial charge is 0.240 e. The molecule has 0 bridgehead atoms. The van der Waals surface area contributed by atoms with Crippen molar-refractivity contribution in [1.82, 2.24) is 4.72 Å². The maximum atomic E-state index is 11.9. The number of benzene rings is 1. The lowest BCUT2D eigenvalue weighted by atomic mass is 10.0. The van der Waals surface area contributed by atoms with Crippen molar-refractivity contribution in [2.45, 2.75) is 25.2 Å². The average molecular weight is 332 g/mol. The molecule has 0 heterocycles. The molecule has 0 aliphatic carbocycles. The Hall–Kier alpha value is -0.650. The fourth-order valence-electron chi connectivity index (χ4n) is 1.53.